The smallest absolute Gasteiger partial charge is 0.318 e. The van der Waals surface area contributed by atoms with Crippen LogP contribution < -0.4 is 16.6 Å². The van der Waals surface area contributed by atoms with Crippen LogP contribution in [0, 0.1) is 0 Å². The zero-order valence-corrected chi connectivity index (χ0v) is 13.9. The Labute approximate surface area is 137 Å². The molecule has 0 bridgehead atoms. The Hall–Kier alpha value is -2.35. The van der Waals surface area contributed by atoms with Gasteiger partial charge in [0.05, 0.1) is 16.2 Å². The van der Waals surface area contributed by atoms with Gasteiger partial charge in [0.15, 0.2) is 5.16 Å². The fraction of sp³-hybridized carbons (Fsp3) is 0.333. The molecule has 2 aromatic rings. The van der Waals surface area contributed by atoms with Crippen molar-refractivity contribution in [2.45, 2.75) is 37.2 Å². The van der Waals surface area contributed by atoms with Gasteiger partial charge in [-0.05, 0) is 32.9 Å². The lowest BCUT2D eigenvalue weighted by Crippen LogP contribution is -2.39. The van der Waals surface area contributed by atoms with Gasteiger partial charge in [-0.25, -0.2) is 9.78 Å². The number of para-hydroxylation sites is 1. The number of benzene rings is 1. The molecule has 0 spiro atoms. The summed E-state index contributed by atoms with van der Waals surface area (Å²) in [5.41, 5.74) is 5.36. The lowest BCUT2D eigenvalue weighted by molar-refractivity contribution is -0.119. The predicted octanol–water partition coefficient (Wildman–Crippen LogP) is 1.65. The summed E-state index contributed by atoms with van der Waals surface area (Å²) in [7, 11) is 0. The Bertz CT molecular complexity index is 816. The van der Waals surface area contributed by atoms with Gasteiger partial charge in [0, 0.05) is 6.04 Å². The van der Waals surface area contributed by atoms with Crippen molar-refractivity contribution in [1.29, 1.82) is 0 Å². The van der Waals surface area contributed by atoms with Crippen LogP contribution in [0.5, 0.6) is 0 Å². The number of urea groups is 1. The quantitative estimate of drug-likeness (QED) is 0.653. The maximum absolute atomic E-state index is 12.7. The summed E-state index contributed by atoms with van der Waals surface area (Å²) in [6.45, 7) is 5.36. The topological polar surface area (TPSA) is 107 Å². The lowest BCUT2D eigenvalue weighted by atomic mass is 10.2. The van der Waals surface area contributed by atoms with Crippen LogP contribution in [-0.4, -0.2) is 26.7 Å². The number of fused-ring (bicyclic) bond motifs is 1. The second-order valence-corrected chi connectivity index (χ2v) is 6.60. The summed E-state index contributed by atoms with van der Waals surface area (Å²) < 4.78 is 1.54. The SMILES string of the molecule is CC(C)n1c(S[C@@H](C)C(=O)NC(N)=O)nc2ccccc2c1=O. The summed E-state index contributed by atoms with van der Waals surface area (Å²) in [5, 5.41) is 2.36. The van der Waals surface area contributed by atoms with Crippen LogP contribution in [0.1, 0.15) is 26.8 Å². The van der Waals surface area contributed by atoms with Gasteiger partial charge in [0.2, 0.25) is 5.91 Å². The van der Waals surface area contributed by atoms with E-state index in [0.717, 1.165) is 11.8 Å². The van der Waals surface area contributed by atoms with Gasteiger partial charge in [-0.15, -0.1) is 0 Å². The Morgan fingerprint density at radius 1 is 1.26 bits per heavy atom. The monoisotopic (exact) mass is 334 g/mol. The molecule has 0 saturated carbocycles. The average molecular weight is 334 g/mol. The van der Waals surface area contributed by atoms with E-state index in [4.69, 9.17) is 5.73 Å². The molecule has 8 heteroatoms. The maximum Gasteiger partial charge on any atom is 0.318 e. The molecule has 0 unspecified atom stereocenters. The summed E-state index contributed by atoms with van der Waals surface area (Å²) in [6, 6.07) is 6.03. The zero-order chi connectivity index (χ0) is 17.1. The molecule has 0 aliphatic rings. The number of nitrogens with one attached hydrogen (secondary N) is 1. The molecule has 23 heavy (non-hydrogen) atoms. The molecule has 0 aliphatic carbocycles. The lowest BCUT2D eigenvalue weighted by Gasteiger charge is -2.18. The van der Waals surface area contributed by atoms with Crippen LogP contribution in [0.4, 0.5) is 4.79 Å². The largest absolute Gasteiger partial charge is 0.351 e. The van der Waals surface area contributed by atoms with Crippen molar-refractivity contribution in [3.63, 3.8) is 0 Å². The molecule has 1 aromatic carbocycles. The first kappa shape index (κ1) is 17.0. The minimum absolute atomic E-state index is 0.117. The first-order valence-corrected chi connectivity index (χ1v) is 7.97. The van der Waals surface area contributed by atoms with E-state index < -0.39 is 17.2 Å². The molecule has 0 fully saturated rings. The second kappa shape index (κ2) is 6.82. The number of aromatic nitrogens is 2. The van der Waals surface area contributed by atoms with E-state index in [2.05, 4.69) is 4.98 Å². The number of nitrogens with two attached hydrogens (primary N) is 1. The number of hydrogen-bond donors (Lipinski definition) is 2. The molecule has 2 rings (SSSR count). The van der Waals surface area contributed by atoms with Gasteiger partial charge < -0.3 is 5.73 Å². The Balaban J connectivity index is 2.47. The highest BCUT2D eigenvalue weighted by molar-refractivity contribution is 8.00. The number of carbonyl (C=O) groups excluding carboxylic acids is 2. The van der Waals surface area contributed by atoms with E-state index in [-0.39, 0.29) is 11.6 Å². The fourth-order valence-corrected chi connectivity index (χ4v) is 3.14. The van der Waals surface area contributed by atoms with Crippen molar-refractivity contribution in [3.8, 4) is 0 Å². The second-order valence-electron chi connectivity index (χ2n) is 5.29. The fourth-order valence-electron chi connectivity index (χ4n) is 2.10. The Kier molecular flexibility index (Phi) is 5.05. The molecule has 0 aliphatic heterocycles. The highest BCUT2D eigenvalue weighted by Crippen LogP contribution is 2.24. The maximum atomic E-state index is 12.7. The molecule has 1 heterocycles. The first-order chi connectivity index (χ1) is 10.8. The average Bonchev–Trinajstić information content (AvgIpc) is 2.46. The van der Waals surface area contributed by atoms with E-state index in [1.165, 1.54) is 0 Å². The number of hydrogen-bond acceptors (Lipinski definition) is 5. The summed E-state index contributed by atoms with van der Waals surface area (Å²) in [4.78, 5) is 39.8. The third-order valence-electron chi connectivity index (χ3n) is 3.19. The number of rotatable bonds is 4. The van der Waals surface area contributed by atoms with E-state index >= 15 is 0 Å². The van der Waals surface area contributed by atoms with Crippen molar-refractivity contribution in [1.82, 2.24) is 14.9 Å². The number of imide groups is 1. The third kappa shape index (κ3) is 3.70. The normalized spacial score (nSPS) is 12.3. The van der Waals surface area contributed by atoms with Crippen molar-refractivity contribution >= 4 is 34.6 Å². The standard InChI is InChI=1S/C15H18N4O3S/c1-8(2)19-13(21)10-6-4-5-7-11(10)17-15(19)23-9(3)12(20)18-14(16)22/h4-9H,1-3H3,(H3,16,18,20,22)/t9-/m0/s1. The highest BCUT2D eigenvalue weighted by Gasteiger charge is 2.21. The molecule has 0 saturated heterocycles. The summed E-state index contributed by atoms with van der Waals surface area (Å²) in [6.07, 6.45) is 0. The van der Waals surface area contributed by atoms with Crippen molar-refractivity contribution in [2.24, 2.45) is 5.73 Å². The molecule has 122 valence electrons. The molecule has 7 nitrogen and oxygen atoms in total. The minimum atomic E-state index is -0.907. The predicted molar refractivity (Wildman–Crippen MR) is 89.4 cm³/mol. The van der Waals surface area contributed by atoms with Crippen molar-refractivity contribution in [2.75, 3.05) is 0 Å². The van der Waals surface area contributed by atoms with Gasteiger partial charge in [-0.1, -0.05) is 23.9 Å². The van der Waals surface area contributed by atoms with Crippen molar-refractivity contribution < 1.29 is 9.59 Å². The number of carbonyl (C=O) groups is 2. The van der Waals surface area contributed by atoms with Gasteiger partial charge in [-0.2, -0.15) is 0 Å². The van der Waals surface area contributed by atoms with Gasteiger partial charge >= 0.3 is 6.03 Å². The molecule has 1 aromatic heterocycles. The van der Waals surface area contributed by atoms with Crippen LogP contribution in [0.2, 0.25) is 0 Å². The minimum Gasteiger partial charge on any atom is -0.351 e. The number of primary amides is 1. The van der Waals surface area contributed by atoms with Crippen LogP contribution in [-0.2, 0) is 4.79 Å². The molecule has 3 amide bonds. The van der Waals surface area contributed by atoms with Crippen LogP contribution >= 0.6 is 11.8 Å². The number of amides is 3. The Morgan fingerprint density at radius 3 is 2.52 bits per heavy atom. The third-order valence-corrected chi connectivity index (χ3v) is 4.26. The summed E-state index contributed by atoms with van der Waals surface area (Å²) in [5.74, 6) is -0.528. The number of nitrogens with zero attached hydrogens (tertiary/aromatic N) is 2. The molecule has 3 N–H and O–H groups in total. The van der Waals surface area contributed by atoms with Crippen LogP contribution in [0.3, 0.4) is 0 Å². The van der Waals surface area contributed by atoms with Gasteiger partial charge in [-0.3, -0.25) is 19.5 Å². The van der Waals surface area contributed by atoms with Crippen LogP contribution in [0.25, 0.3) is 10.9 Å². The molecule has 1 atom stereocenters. The molecule has 0 radical (unpaired) electrons. The molecular formula is C15H18N4O3S. The van der Waals surface area contributed by atoms with E-state index in [0.29, 0.717) is 16.1 Å². The van der Waals surface area contributed by atoms with E-state index in [1.807, 2.05) is 19.2 Å². The summed E-state index contributed by atoms with van der Waals surface area (Å²) >= 11 is 1.11. The van der Waals surface area contributed by atoms with E-state index in [9.17, 15) is 14.4 Å². The Morgan fingerprint density at radius 2 is 1.91 bits per heavy atom. The zero-order valence-electron chi connectivity index (χ0n) is 13.1. The van der Waals surface area contributed by atoms with Gasteiger partial charge in [0.1, 0.15) is 0 Å². The van der Waals surface area contributed by atoms with E-state index in [1.54, 1.807) is 35.8 Å². The van der Waals surface area contributed by atoms with Gasteiger partial charge in [0.25, 0.3) is 5.56 Å². The van der Waals surface area contributed by atoms with Crippen molar-refractivity contribution in [3.05, 3.63) is 34.6 Å². The highest BCUT2D eigenvalue weighted by atomic mass is 32.2. The van der Waals surface area contributed by atoms with Crippen LogP contribution in [0.15, 0.2) is 34.2 Å². The number of thioether (sulfide) groups is 1. The molecular weight excluding hydrogens is 316 g/mol. The first-order valence-electron chi connectivity index (χ1n) is 7.09.